The maximum atomic E-state index is 14.1. The summed E-state index contributed by atoms with van der Waals surface area (Å²) >= 11 is 4.32. The quantitative estimate of drug-likeness (QED) is 0.315. The number of hydrogen-bond donors (Lipinski definition) is 2. The minimum absolute atomic E-state index is 0.0118. The second-order valence-corrected chi connectivity index (χ2v) is 17.7. The van der Waals surface area contributed by atoms with Gasteiger partial charge in [-0.15, -0.1) is 0 Å². The van der Waals surface area contributed by atoms with Crippen LogP contribution < -0.4 is 0 Å². The van der Waals surface area contributed by atoms with Crippen LogP contribution >= 0.6 is 12.6 Å². The van der Waals surface area contributed by atoms with Gasteiger partial charge in [0.25, 0.3) is 0 Å². The molecule has 10 heterocycles. The van der Waals surface area contributed by atoms with Crippen molar-refractivity contribution in [3.8, 4) is 0 Å². The fourth-order valence-electron chi connectivity index (χ4n) is 11.3. The van der Waals surface area contributed by atoms with Crippen LogP contribution in [0.25, 0.3) is 0 Å². The molecule has 12 heteroatoms. The first kappa shape index (κ1) is 36.7. The topological polar surface area (TPSA) is 120 Å². The van der Waals surface area contributed by atoms with Gasteiger partial charge in [-0.1, -0.05) is 20.1 Å². The van der Waals surface area contributed by atoms with Gasteiger partial charge in [0.05, 0.1) is 67.1 Å². The number of rotatable bonds is 4. The van der Waals surface area contributed by atoms with Crippen LogP contribution in [0.3, 0.4) is 0 Å². The first-order valence-corrected chi connectivity index (χ1v) is 20.7. The maximum Gasteiger partial charge on any atom is 0.172 e. The second kappa shape index (κ2) is 14.6. The largest absolute Gasteiger partial charge is 0.392 e. The first-order valence-electron chi connectivity index (χ1n) is 20.1. The number of carbonyl (C=O) groups excluding carboxylic acids is 1. The molecule has 12 bridgehead atoms. The lowest BCUT2D eigenvalue weighted by atomic mass is 9.81. The third kappa shape index (κ3) is 6.71. The molecule has 11 nitrogen and oxygen atoms in total. The smallest absolute Gasteiger partial charge is 0.172 e. The van der Waals surface area contributed by atoms with Crippen molar-refractivity contribution in [3.05, 3.63) is 24.3 Å². The predicted molar refractivity (Wildman–Crippen MR) is 191 cm³/mol. The summed E-state index contributed by atoms with van der Waals surface area (Å²) in [5.41, 5.74) is 2.21. The van der Waals surface area contributed by atoms with E-state index in [4.69, 9.17) is 42.6 Å². The lowest BCUT2D eigenvalue weighted by Gasteiger charge is -2.47. The van der Waals surface area contributed by atoms with Crippen LogP contribution in [0.1, 0.15) is 90.4 Å². The molecule has 1 N–H and O–H groups in total. The Bertz CT molecular complexity index is 1380. The zero-order valence-corrected chi connectivity index (χ0v) is 31.6. The number of carbonyl (C=O) groups is 1. The fraction of sp³-hybridized carbons (Fsp3) is 0.875. The molecule has 10 aliphatic heterocycles. The monoisotopic (exact) mass is 746 g/mol. The Morgan fingerprint density at radius 2 is 1.56 bits per heavy atom. The zero-order valence-electron chi connectivity index (χ0n) is 30.7. The lowest BCUT2D eigenvalue weighted by molar-refractivity contribution is -0.292. The second-order valence-electron chi connectivity index (χ2n) is 17.4. The summed E-state index contributed by atoms with van der Waals surface area (Å²) < 4.78 is 60.1. The van der Waals surface area contributed by atoms with Gasteiger partial charge in [-0.3, -0.25) is 4.79 Å². The molecule has 19 atom stereocenters. The van der Waals surface area contributed by atoms with Crippen LogP contribution in [0.4, 0.5) is 0 Å². The van der Waals surface area contributed by atoms with Crippen molar-refractivity contribution in [3.63, 3.8) is 0 Å². The average molecular weight is 747 g/mol. The molecule has 52 heavy (non-hydrogen) atoms. The molecule has 19 unspecified atom stereocenters. The van der Waals surface area contributed by atoms with E-state index in [9.17, 15) is 9.90 Å². The number of thiol groups is 1. The molecule has 0 radical (unpaired) electrons. The van der Waals surface area contributed by atoms with Gasteiger partial charge in [-0.05, 0) is 62.0 Å². The highest BCUT2D eigenvalue weighted by Crippen LogP contribution is 2.54. The molecule has 0 aliphatic carbocycles. The van der Waals surface area contributed by atoms with Crippen LogP contribution in [-0.4, -0.2) is 127 Å². The van der Waals surface area contributed by atoms with Gasteiger partial charge in [0.15, 0.2) is 5.79 Å². The summed E-state index contributed by atoms with van der Waals surface area (Å²) in [4.78, 5) is 14.1. The number of ether oxygens (including phenoxy) is 9. The van der Waals surface area contributed by atoms with Gasteiger partial charge in [-0.25, -0.2) is 0 Å². The molecular weight excluding hydrogens is 688 g/mol. The van der Waals surface area contributed by atoms with Gasteiger partial charge < -0.3 is 47.7 Å². The van der Waals surface area contributed by atoms with E-state index in [0.717, 1.165) is 56.1 Å². The third-order valence-electron chi connectivity index (χ3n) is 13.9. The van der Waals surface area contributed by atoms with E-state index in [1.165, 1.54) is 0 Å². The summed E-state index contributed by atoms with van der Waals surface area (Å²) in [5.74, 6) is -0.264. The van der Waals surface area contributed by atoms with E-state index < -0.39 is 11.9 Å². The highest BCUT2D eigenvalue weighted by Gasteiger charge is 2.68. The van der Waals surface area contributed by atoms with Crippen molar-refractivity contribution in [2.75, 3.05) is 12.9 Å². The van der Waals surface area contributed by atoms with Crippen molar-refractivity contribution in [2.24, 2.45) is 11.8 Å². The summed E-state index contributed by atoms with van der Waals surface area (Å²) in [6.45, 7) is 11.1. The molecule has 10 aliphatic rings. The number of Topliss-reactive ketones (excluding diaryl/α,β-unsaturated/α-hetero) is 1. The van der Waals surface area contributed by atoms with Gasteiger partial charge in [-0.2, -0.15) is 12.6 Å². The standard InChI is InChI=1S/C40H58O11S/c1-19-11-24-5-7-28-20(2)12-26(44-28)9-10-40-17-33-36(50-40)37-38(49-33)39(51-40)35-29(48-37)8-6-25(46-35)13-22(41)14-27-31(16-30(45-24)21(19)3)47-32(34(27)43-4)15-23(42)18-52/h19,23-39,42,52H,2-3,5-18H2,1,4H3. The van der Waals surface area contributed by atoms with E-state index in [0.29, 0.717) is 31.4 Å². The number of methoxy groups -OCH3 is 1. The summed E-state index contributed by atoms with van der Waals surface area (Å²) in [6.07, 6.45) is 5.18. The SMILES string of the molecule is C=C1CC2CCC34CC5OC6C(OC7CCC(CC(=O)CC8C(CC9OC(CCC1O2)CC(C)C9=C)OC(CC(O)CS)C8OC)OC7C6O3)C5O4. The molecular formula is C40H58O11S. The molecule has 290 valence electrons. The Morgan fingerprint density at radius 1 is 0.808 bits per heavy atom. The molecule has 0 amide bonds. The minimum Gasteiger partial charge on any atom is -0.392 e. The van der Waals surface area contributed by atoms with E-state index in [2.05, 4.69) is 32.7 Å². The van der Waals surface area contributed by atoms with E-state index in [1.807, 2.05) is 0 Å². The van der Waals surface area contributed by atoms with Crippen LogP contribution in [0, 0.1) is 11.8 Å². The Morgan fingerprint density at radius 3 is 2.38 bits per heavy atom. The highest BCUT2D eigenvalue weighted by molar-refractivity contribution is 7.80. The molecule has 0 aromatic carbocycles. The third-order valence-corrected chi connectivity index (χ3v) is 14.3. The molecule has 1 spiro atoms. The normalized spacial score (nSPS) is 52.4. The van der Waals surface area contributed by atoms with E-state index in [-0.39, 0.29) is 122 Å². The van der Waals surface area contributed by atoms with Gasteiger partial charge in [0.2, 0.25) is 0 Å². The van der Waals surface area contributed by atoms with Crippen LogP contribution in [0.15, 0.2) is 24.3 Å². The van der Waals surface area contributed by atoms with Crippen molar-refractivity contribution in [1.82, 2.24) is 0 Å². The lowest BCUT2D eigenvalue weighted by Crippen LogP contribution is -2.61. The van der Waals surface area contributed by atoms with Gasteiger partial charge >= 0.3 is 0 Å². The van der Waals surface area contributed by atoms with E-state index >= 15 is 0 Å². The Hall–Kier alpha value is -0.900. The summed E-state index contributed by atoms with van der Waals surface area (Å²) in [6, 6.07) is 0. The molecule has 0 aromatic heterocycles. The van der Waals surface area contributed by atoms with E-state index in [1.54, 1.807) is 7.11 Å². The number of fused-ring (bicyclic) bond motifs is 6. The fourth-order valence-corrected chi connectivity index (χ4v) is 11.4. The number of aliphatic hydroxyl groups excluding tert-OH is 1. The van der Waals surface area contributed by atoms with Gasteiger partial charge in [0, 0.05) is 57.3 Å². The van der Waals surface area contributed by atoms with Crippen molar-refractivity contribution in [1.29, 1.82) is 0 Å². The Labute approximate surface area is 313 Å². The molecule has 10 saturated heterocycles. The zero-order chi connectivity index (χ0) is 35.9. The highest BCUT2D eigenvalue weighted by atomic mass is 32.1. The number of ketones is 1. The van der Waals surface area contributed by atoms with Crippen LogP contribution in [0.2, 0.25) is 0 Å². The molecule has 0 saturated carbocycles. The number of hydrogen-bond acceptors (Lipinski definition) is 12. The predicted octanol–water partition coefficient (Wildman–Crippen LogP) is 4.41. The van der Waals surface area contributed by atoms with Crippen molar-refractivity contribution >= 4 is 18.4 Å². The Kier molecular flexibility index (Phi) is 10.3. The maximum absolute atomic E-state index is 14.1. The molecule has 10 rings (SSSR count). The van der Waals surface area contributed by atoms with Crippen molar-refractivity contribution < 1.29 is 52.5 Å². The first-order chi connectivity index (χ1) is 25.1. The van der Waals surface area contributed by atoms with Crippen molar-refractivity contribution in [2.45, 2.75) is 194 Å². The minimum atomic E-state index is -0.777. The number of aliphatic hydroxyl groups is 1. The average Bonchev–Trinajstić information content (AvgIpc) is 3.79. The molecule has 10 fully saturated rings. The van der Waals surface area contributed by atoms with Crippen LogP contribution in [0.5, 0.6) is 0 Å². The summed E-state index contributed by atoms with van der Waals surface area (Å²) in [5, 5.41) is 10.6. The van der Waals surface area contributed by atoms with Crippen LogP contribution in [-0.2, 0) is 47.4 Å². The summed E-state index contributed by atoms with van der Waals surface area (Å²) in [7, 11) is 1.67. The Balaban J connectivity index is 0.994. The van der Waals surface area contributed by atoms with Gasteiger partial charge in [0.1, 0.15) is 36.3 Å². The molecule has 0 aromatic rings.